The Kier molecular flexibility index (Phi) is 4.93. The molecule has 3 heteroatoms. The van der Waals surface area contributed by atoms with Crippen molar-refractivity contribution in [2.45, 2.75) is 56.8 Å². The molecule has 0 saturated heterocycles. The minimum Gasteiger partial charge on any atom is -0.352 e. The number of carbonyl (C=O) groups excluding carboxylic acids is 1. The minimum absolute atomic E-state index is 0.0141. The van der Waals surface area contributed by atoms with Gasteiger partial charge in [0.1, 0.15) is 0 Å². The van der Waals surface area contributed by atoms with Crippen LogP contribution in [0.4, 0.5) is 0 Å². The van der Waals surface area contributed by atoms with E-state index in [0.717, 1.165) is 25.2 Å². The summed E-state index contributed by atoms with van der Waals surface area (Å²) in [6.45, 7) is 4.28. The fourth-order valence-corrected chi connectivity index (χ4v) is 2.17. The molecule has 0 radical (unpaired) electrons. The number of carbonyl (C=O) groups is 1. The zero-order valence-corrected chi connectivity index (χ0v) is 10.6. The predicted molar refractivity (Wildman–Crippen MR) is 62.6 cm³/mol. The highest BCUT2D eigenvalue weighted by Crippen LogP contribution is 2.23. The highest BCUT2D eigenvalue weighted by molar-refractivity contribution is 9.10. The van der Waals surface area contributed by atoms with Gasteiger partial charge in [0.15, 0.2) is 0 Å². The first-order valence-corrected chi connectivity index (χ1v) is 6.49. The maximum Gasteiger partial charge on any atom is 0.233 e. The van der Waals surface area contributed by atoms with Gasteiger partial charge in [-0.05, 0) is 25.2 Å². The molecule has 0 aromatic rings. The van der Waals surface area contributed by atoms with Crippen LogP contribution >= 0.6 is 15.9 Å². The van der Waals surface area contributed by atoms with Crippen LogP contribution in [0.15, 0.2) is 0 Å². The van der Waals surface area contributed by atoms with Crippen molar-refractivity contribution in [3.05, 3.63) is 0 Å². The SMILES string of the molecule is CCC(Br)C(=O)NC1CCCC(C)C1. The highest BCUT2D eigenvalue weighted by atomic mass is 79.9. The molecule has 14 heavy (non-hydrogen) atoms. The molecule has 1 fully saturated rings. The molecule has 1 rings (SSSR count). The lowest BCUT2D eigenvalue weighted by Crippen LogP contribution is -2.41. The van der Waals surface area contributed by atoms with Crippen LogP contribution in [0.3, 0.4) is 0 Å². The van der Waals surface area contributed by atoms with E-state index in [-0.39, 0.29) is 10.7 Å². The summed E-state index contributed by atoms with van der Waals surface area (Å²) >= 11 is 3.37. The van der Waals surface area contributed by atoms with Crippen molar-refractivity contribution >= 4 is 21.8 Å². The molecule has 0 heterocycles. The minimum atomic E-state index is -0.0141. The number of alkyl halides is 1. The summed E-state index contributed by atoms with van der Waals surface area (Å²) in [5, 5.41) is 3.11. The van der Waals surface area contributed by atoms with E-state index in [0.29, 0.717) is 6.04 Å². The van der Waals surface area contributed by atoms with E-state index in [9.17, 15) is 4.79 Å². The zero-order chi connectivity index (χ0) is 10.6. The molecule has 82 valence electrons. The number of nitrogens with one attached hydrogen (secondary N) is 1. The van der Waals surface area contributed by atoms with Crippen LogP contribution in [0.1, 0.15) is 46.0 Å². The Labute approximate surface area is 95.0 Å². The second-order valence-corrected chi connectivity index (χ2v) is 5.46. The second-order valence-electron chi connectivity index (χ2n) is 4.35. The van der Waals surface area contributed by atoms with Gasteiger partial charge in [0.2, 0.25) is 5.91 Å². The Morgan fingerprint density at radius 2 is 2.29 bits per heavy atom. The number of hydrogen-bond acceptors (Lipinski definition) is 1. The molecule has 1 amide bonds. The van der Waals surface area contributed by atoms with Crippen molar-refractivity contribution in [3.8, 4) is 0 Å². The van der Waals surface area contributed by atoms with Gasteiger partial charge in [-0.3, -0.25) is 4.79 Å². The van der Waals surface area contributed by atoms with E-state index in [2.05, 4.69) is 28.2 Å². The van der Waals surface area contributed by atoms with E-state index < -0.39 is 0 Å². The van der Waals surface area contributed by atoms with Crippen molar-refractivity contribution in [2.75, 3.05) is 0 Å². The van der Waals surface area contributed by atoms with Gasteiger partial charge in [0.25, 0.3) is 0 Å². The normalized spacial score (nSPS) is 29.6. The van der Waals surface area contributed by atoms with Crippen LogP contribution in [-0.2, 0) is 4.79 Å². The van der Waals surface area contributed by atoms with Gasteiger partial charge in [-0.25, -0.2) is 0 Å². The van der Waals surface area contributed by atoms with Gasteiger partial charge < -0.3 is 5.32 Å². The summed E-state index contributed by atoms with van der Waals surface area (Å²) in [7, 11) is 0. The highest BCUT2D eigenvalue weighted by Gasteiger charge is 2.22. The molecule has 1 aliphatic rings. The monoisotopic (exact) mass is 261 g/mol. The van der Waals surface area contributed by atoms with Gasteiger partial charge in [0, 0.05) is 6.04 Å². The number of hydrogen-bond donors (Lipinski definition) is 1. The molecule has 3 unspecified atom stereocenters. The van der Waals surface area contributed by atoms with E-state index in [1.165, 1.54) is 12.8 Å². The molecule has 2 nitrogen and oxygen atoms in total. The fraction of sp³-hybridized carbons (Fsp3) is 0.909. The van der Waals surface area contributed by atoms with Gasteiger partial charge in [0.05, 0.1) is 4.83 Å². The average molecular weight is 262 g/mol. The molecule has 1 N–H and O–H groups in total. The van der Waals surface area contributed by atoms with E-state index in [4.69, 9.17) is 0 Å². The smallest absolute Gasteiger partial charge is 0.233 e. The first-order chi connectivity index (χ1) is 6.63. The first kappa shape index (κ1) is 12.0. The maximum absolute atomic E-state index is 11.6. The van der Waals surface area contributed by atoms with Gasteiger partial charge >= 0.3 is 0 Å². The molecule has 1 saturated carbocycles. The third kappa shape index (κ3) is 3.60. The molecular formula is C11H20BrNO. The fourth-order valence-electron chi connectivity index (χ4n) is 2.04. The lowest BCUT2D eigenvalue weighted by atomic mass is 9.87. The summed E-state index contributed by atoms with van der Waals surface area (Å²) in [6.07, 6.45) is 5.73. The lowest BCUT2D eigenvalue weighted by molar-refractivity contribution is -0.121. The average Bonchev–Trinajstić information content (AvgIpc) is 2.16. The molecule has 0 aromatic carbocycles. The number of halogens is 1. The summed E-state index contributed by atoms with van der Waals surface area (Å²) in [5.41, 5.74) is 0. The van der Waals surface area contributed by atoms with Crippen molar-refractivity contribution < 1.29 is 4.79 Å². The van der Waals surface area contributed by atoms with Gasteiger partial charge in [-0.1, -0.05) is 42.6 Å². The van der Waals surface area contributed by atoms with Crippen LogP contribution in [0.25, 0.3) is 0 Å². The van der Waals surface area contributed by atoms with Crippen molar-refractivity contribution in [2.24, 2.45) is 5.92 Å². The van der Waals surface area contributed by atoms with Crippen LogP contribution in [-0.4, -0.2) is 16.8 Å². The van der Waals surface area contributed by atoms with Crippen molar-refractivity contribution in [3.63, 3.8) is 0 Å². The number of rotatable bonds is 3. The van der Waals surface area contributed by atoms with Gasteiger partial charge in [-0.15, -0.1) is 0 Å². The third-order valence-electron chi connectivity index (χ3n) is 2.93. The standard InChI is InChI=1S/C11H20BrNO/c1-3-10(12)11(14)13-9-6-4-5-8(2)7-9/h8-10H,3-7H2,1-2H3,(H,13,14). The molecular weight excluding hydrogens is 242 g/mol. The first-order valence-electron chi connectivity index (χ1n) is 5.58. The van der Waals surface area contributed by atoms with E-state index in [1.54, 1.807) is 0 Å². The molecule has 0 spiro atoms. The Hall–Kier alpha value is -0.0500. The molecule has 0 bridgehead atoms. The third-order valence-corrected chi connectivity index (χ3v) is 3.99. The van der Waals surface area contributed by atoms with Gasteiger partial charge in [-0.2, -0.15) is 0 Å². The molecule has 3 atom stereocenters. The van der Waals surface area contributed by atoms with Crippen LogP contribution in [0.5, 0.6) is 0 Å². The summed E-state index contributed by atoms with van der Waals surface area (Å²) in [5.74, 6) is 0.927. The molecule has 1 aliphatic carbocycles. The molecule has 0 aromatic heterocycles. The summed E-state index contributed by atoms with van der Waals surface area (Å²) in [4.78, 5) is 11.6. The topological polar surface area (TPSA) is 29.1 Å². The van der Waals surface area contributed by atoms with Crippen LogP contribution in [0, 0.1) is 5.92 Å². The van der Waals surface area contributed by atoms with Crippen LogP contribution < -0.4 is 5.32 Å². The van der Waals surface area contributed by atoms with E-state index >= 15 is 0 Å². The molecule has 0 aliphatic heterocycles. The Morgan fingerprint density at radius 1 is 1.57 bits per heavy atom. The van der Waals surface area contributed by atoms with Crippen LogP contribution in [0.2, 0.25) is 0 Å². The zero-order valence-electron chi connectivity index (χ0n) is 9.05. The Bertz CT molecular complexity index is 196. The number of amides is 1. The maximum atomic E-state index is 11.6. The van der Waals surface area contributed by atoms with Crippen molar-refractivity contribution in [1.29, 1.82) is 0 Å². The summed E-state index contributed by atoms with van der Waals surface area (Å²) < 4.78 is 0. The second kappa shape index (κ2) is 5.74. The quantitative estimate of drug-likeness (QED) is 0.778. The summed E-state index contributed by atoms with van der Waals surface area (Å²) in [6, 6.07) is 0.415. The Balaban J connectivity index is 2.32. The largest absolute Gasteiger partial charge is 0.352 e. The van der Waals surface area contributed by atoms with E-state index in [1.807, 2.05) is 6.92 Å². The Morgan fingerprint density at radius 3 is 2.86 bits per heavy atom. The predicted octanol–water partition coefficient (Wildman–Crippen LogP) is 2.85. The lowest BCUT2D eigenvalue weighted by Gasteiger charge is -2.28. The van der Waals surface area contributed by atoms with Crippen molar-refractivity contribution in [1.82, 2.24) is 5.32 Å².